The van der Waals surface area contributed by atoms with Crippen molar-refractivity contribution in [2.75, 3.05) is 26.7 Å². The van der Waals surface area contributed by atoms with Crippen LogP contribution in [0.4, 0.5) is 0 Å². The highest BCUT2D eigenvalue weighted by molar-refractivity contribution is 5.76. The number of hydrogen-bond acceptors (Lipinski definition) is 3. The van der Waals surface area contributed by atoms with Gasteiger partial charge in [-0.25, -0.2) is 0 Å². The second-order valence-corrected chi connectivity index (χ2v) is 7.86. The molecule has 2 heterocycles. The summed E-state index contributed by atoms with van der Waals surface area (Å²) in [4.78, 5) is 21.6. The third-order valence-corrected chi connectivity index (χ3v) is 6.10. The first-order valence-corrected chi connectivity index (χ1v) is 10.1. The Kier molecular flexibility index (Phi) is 6.85. The molecule has 2 fully saturated rings. The summed E-state index contributed by atoms with van der Waals surface area (Å²) in [7, 11) is 2.03. The highest BCUT2D eigenvalue weighted by Gasteiger charge is 2.27. The maximum atomic E-state index is 12.6. The van der Waals surface area contributed by atoms with Crippen molar-refractivity contribution in [2.24, 2.45) is 5.92 Å². The van der Waals surface area contributed by atoms with E-state index in [2.05, 4.69) is 26.9 Å². The standard InChI is InChI=1S/C21H33N3O/c1-23(21(25)17-18-7-3-2-4-8-18)20-11-15-24(16-12-20)14-10-19-9-5-6-13-22-19/h5-6,9,13,18,20H,2-4,7-8,10-12,14-17H2,1H3. The van der Waals surface area contributed by atoms with E-state index in [0.29, 0.717) is 17.9 Å². The van der Waals surface area contributed by atoms with Gasteiger partial charge < -0.3 is 9.80 Å². The molecule has 0 radical (unpaired) electrons. The van der Waals surface area contributed by atoms with Crippen molar-refractivity contribution in [3.05, 3.63) is 30.1 Å². The molecule has 0 spiro atoms. The number of amides is 1. The number of carbonyl (C=O) groups excluding carboxylic acids is 1. The summed E-state index contributed by atoms with van der Waals surface area (Å²) >= 11 is 0. The number of hydrogen-bond donors (Lipinski definition) is 0. The quantitative estimate of drug-likeness (QED) is 0.793. The topological polar surface area (TPSA) is 36.4 Å². The second kappa shape index (κ2) is 9.33. The minimum atomic E-state index is 0.374. The van der Waals surface area contributed by atoms with Gasteiger partial charge in [-0.05, 0) is 43.7 Å². The van der Waals surface area contributed by atoms with Gasteiger partial charge >= 0.3 is 0 Å². The van der Waals surface area contributed by atoms with E-state index in [1.165, 1.54) is 37.8 Å². The van der Waals surface area contributed by atoms with Crippen molar-refractivity contribution >= 4 is 5.91 Å². The van der Waals surface area contributed by atoms with E-state index in [-0.39, 0.29) is 0 Å². The first-order chi connectivity index (χ1) is 12.2. The normalized spacial score (nSPS) is 20.5. The summed E-state index contributed by atoms with van der Waals surface area (Å²) in [5.74, 6) is 1.01. The van der Waals surface area contributed by atoms with Crippen LogP contribution in [-0.4, -0.2) is 53.4 Å². The predicted octanol–water partition coefficient (Wildman–Crippen LogP) is 3.52. The lowest BCUT2D eigenvalue weighted by Gasteiger charge is -2.37. The van der Waals surface area contributed by atoms with Gasteiger partial charge in [0.1, 0.15) is 0 Å². The van der Waals surface area contributed by atoms with Crippen LogP contribution in [-0.2, 0) is 11.2 Å². The fourth-order valence-corrected chi connectivity index (χ4v) is 4.33. The summed E-state index contributed by atoms with van der Waals surface area (Å²) in [5, 5.41) is 0. The highest BCUT2D eigenvalue weighted by Crippen LogP contribution is 2.27. The van der Waals surface area contributed by atoms with Crippen LogP contribution in [0.2, 0.25) is 0 Å². The van der Waals surface area contributed by atoms with E-state index in [9.17, 15) is 4.79 Å². The molecule has 1 aliphatic heterocycles. The zero-order valence-corrected chi connectivity index (χ0v) is 15.7. The van der Waals surface area contributed by atoms with Crippen LogP contribution in [0.15, 0.2) is 24.4 Å². The number of pyridine rings is 1. The summed E-state index contributed by atoms with van der Waals surface area (Å²) in [6, 6.07) is 6.56. The van der Waals surface area contributed by atoms with Crippen molar-refractivity contribution in [1.82, 2.24) is 14.8 Å². The Labute approximate surface area is 152 Å². The minimum Gasteiger partial charge on any atom is -0.343 e. The van der Waals surface area contributed by atoms with E-state index >= 15 is 0 Å². The lowest BCUT2D eigenvalue weighted by atomic mass is 9.86. The van der Waals surface area contributed by atoms with Gasteiger partial charge in [0, 0.05) is 57.5 Å². The molecule has 138 valence electrons. The molecule has 0 unspecified atom stereocenters. The van der Waals surface area contributed by atoms with Gasteiger partial charge in [0.25, 0.3) is 0 Å². The predicted molar refractivity (Wildman–Crippen MR) is 101 cm³/mol. The third-order valence-electron chi connectivity index (χ3n) is 6.10. The van der Waals surface area contributed by atoms with Gasteiger partial charge in [-0.15, -0.1) is 0 Å². The Morgan fingerprint density at radius 3 is 2.60 bits per heavy atom. The molecule has 0 bridgehead atoms. The molecule has 4 heteroatoms. The summed E-state index contributed by atoms with van der Waals surface area (Å²) in [6.45, 7) is 3.26. The Bertz CT molecular complexity index is 519. The average Bonchev–Trinajstić information content (AvgIpc) is 2.68. The second-order valence-electron chi connectivity index (χ2n) is 7.86. The molecule has 1 aromatic rings. The largest absolute Gasteiger partial charge is 0.343 e. The molecule has 4 nitrogen and oxygen atoms in total. The van der Waals surface area contributed by atoms with Crippen LogP contribution in [0.1, 0.15) is 57.1 Å². The summed E-state index contributed by atoms with van der Waals surface area (Å²) < 4.78 is 0. The van der Waals surface area contributed by atoms with E-state index in [1.807, 2.05) is 19.3 Å². The lowest BCUT2D eigenvalue weighted by molar-refractivity contribution is -0.134. The van der Waals surface area contributed by atoms with Crippen molar-refractivity contribution < 1.29 is 4.79 Å². The zero-order chi connectivity index (χ0) is 17.5. The molecule has 0 N–H and O–H groups in total. The van der Waals surface area contributed by atoms with Gasteiger partial charge in [0.2, 0.25) is 5.91 Å². The van der Waals surface area contributed by atoms with Crippen molar-refractivity contribution in [2.45, 2.75) is 63.8 Å². The lowest BCUT2D eigenvalue weighted by Crippen LogP contribution is -2.46. The molecule has 1 saturated carbocycles. The van der Waals surface area contributed by atoms with Gasteiger partial charge in [-0.3, -0.25) is 9.78 Å². The summed E-state index contributed by atoms with van der Waals surface area (Å²) in [5.41, 5.74) is 1.17. The molecule has 0 aromatic carbocycles. The Morgan fingerprint density at radius 2 is 1.92 bits per heavy atom. The monoisotopic (exact) mass is 343 g/mol. The van der Waals surface area contributed by atoms with Crippen LogP contribution in [0.3, 0.4) is 0 Å². The molecule has 1 amide bonds. The molecular formula is C21H33N3O. The van der Waals surface area contributed by atoms with Crippen molar-refractivity contribution in [1.29, 1.82) is 0 Å². The Hall–Kier alpha value is -1.42. The maximum absolute atomic E-state index is 12.6. The summed E-state index contributed by atoms with van der Waals surface area (Å²) in [6.07, 6.45) is 12.4. The molecule has 1 aromatic heterocycles. The number of rotatable bonds is 6. The van der Waals surface area contributed by atoms with Crippen LogP contribution in [0.5, 0.6) is 0 Å². The fourth-order valence-electron chi connectivity index (χ4n) is 4.33. The van der Waals surface area contributed by atoms with Gasteiger partial charge in [-0.1, -0.05) is 25.3 Å². The molecule has 3 rings (SSSR count). The number of piperidine rings is 1. The number of aromatic nitrogens is 1. The number of likely N-dealkylation sites (tertiary alicyclic amines) is 1. The molecular weight excluding hydrogens is 310 g/mol. The van der Waals surface area contributed by atoms with Gasteiger partial charge in [0.15, 0.2) is 0 Å². The van der Waals surface area contributed by atoms with Gasteiger partial charge in [-0.2, -0.15) is 0 Å². The van der Waals surface area contributed by atoms with E-state index < -0.39 is 0 Å². The zero-order valence-electron chi connectivity index (χ0n) is 15.7. The van der Waals surface area contributed by atoms with Crippen LogP contribution in [0, 0.1) is 5.92 Å². The SMILES string of the molecule is CN(C(=O)CC1CCCCC1)C1CCN(CCc2ccccn2)CC1. The van der Waals surface area contributed by atoms with Crippen LogP contribution < -0.4 is 0 Å². The maximum Gasteiger partial charge on any atom is 0.222 e. The van der Waals surface area contributed by atoms with E-state index in [1.54, 1.807) is 0 Å². The average molecular weight is 344 g/mol. The molecule has 1 saturated heterocycles. The Morgan fingerprint density at radius 1 is 1.16 bits per heavy atom. The number of nitrogens with zero attached hydrogens (tertiary/aromatic N) is 3. The van der Waals surface area contributed by atoms with Crippen molar-refractivity contribution in [3.8, 4) is 0 Å². The third kappa shape index (κ3) is 5.53. The van der Waals surface area contributed by atoms with Crippen LogP contribution >= 0.6 is 0 Å². The fraction of sp³-hybridized carbons (Fsp3) is 0.714. The van der Waals surface area contributed by atoms with Crippen LogP contribution in [0.25, 0.3) is 0 Å². The van der Waals surface area contributed by atoms with E-state index in [0.717, 1.165) is 45.3 Å². The molecule has 0 atom stereocenters. The minimum absolute atomic E-state index is 0.374. The van der Waals surface area contributed by atoms with Crippen molar-refractivity contribution in [3.63, 3.8) is 0 Å². The smallest absolute Gasteiger partial charge is 0.222 e. The molecule has 25 heavy (non-hydrogen) atoms. The molecule has 1 aliphatic carbocycles. The first kappa shape index (κ1) is 18.4. The Balaban J connectivity index is 1.38. The number of carbonyl (C=O) groups is 1. The van der Waals surface area contributed by atoms with Gasteiger partial charge in [0.05, 0.1) is 0 Å². The highest BCUT2D eigenvalue weighted by atomic mass is 16.2. The van der Waals surface area contributed by atoms with E-state index in [4.69, 9.17) is 0 Å². The first-order valence-electron chi connectivity index (χ1n) is 10.1. The molecule has 2 aliphatic rings.